The number of anilines is 1. The van der Waals surface area contributed by atoms with Gasteiger partial charge in [-0.25, -0.2) is 0 Å². The maximum atomic E-state index is 11.1. The van der Waals surface area contributed by atoms with Crippen LogP contribution in [-0.2, 0) is 6.54 Å². The molecule has 0 aliphatic rings. The minimum atomic E-state index is -0.621. The van der Waals surface area contributed by atoms with E-state index in [1.54, 1.807) is 10.9 Å². The summed E-state index contributed by atoms with van der Waals surface area (Å²) in [7, 11) is 0. The lowest BCUT2D eigenvalue weighted by molar-refractivity contribution is 0.0995. The number of aromatic nitrogens is 4. The smallest absolute Gasteiger partial charge is 0.271 e. The van der Waals surface area contributed by atoms with E-state index in [1.807, 2.05) is 16.9 Å². The Morgan fingerprint density at radius 3 is 2.60 bits per heavy atom. The summed E-state index contributed by atoms with van der Waals surface area (Å²) in [6.45, 7) is 4.75. The van der Waals surface area contributed by atoms with Gasteiger partial charge in [0, 0.05) is 12.4 Å². The molecule has 0 aliphatic carbocycles. The van der Waals surface area contributed by atoms with Crippen molar-refractivity contribution in [2.45, 2.75) is 39.3 Å². The molecule has 2 rings (SSSR count). The van der Waals surface area contributed by atoms with E-state index in [9.17, 15) is 4.79 Å². The van der Waals surface area contributed by atoms with E-state index < -0.39 is 5.91 Å². The summed E-state index contributed by atoms with van der Waals surface area (Å²) in [5.74, 6) is -0.621. The lowest BCUT2D eigenvalue weighted by atomic mass is 10.2. The lowest BCUT2D eigenvalue weighted by Gasteiger charge is -2.12. The fourth-order valence-electron chi connectivity index (χ4n) is 2.20. The number of hydrogen-bond donors (Lipinski definition) is 2. The number of hydrogen-bond acceptors (Lipinski definition) is 4. The molecule has 2 aromatic heterocycles. The van der Waals surface area contributed by atoms with Crippen LogP contribution in [0, 0.1) is 0 Å². The quantitative estimate of drug-likeness (QED) is 0.826. The summed E-state index contributed by atoms with van der Waals surface area (Å²) in [4.78, 5) is 11.1. The van der Waals surface area contributed by atoms with Crippen molar-refractivity contribution < 1.29 is 4.79 Å². The van der Waals surface area contributed by atoms with Crippen molar-refractivity contribution in [3.63, 3.8) is 0 Å². The lowest BCUT2D eigenvalue weighted by Crippen LogP contribution is -2.14. The molecule has 0 unspecified atom stereocenters. The first-order valence-electron chi connectivity index (χ1n) is 6.71. The average molecular weight is 276 g/mol. The second-order valence-corrected chi connectivity index (χ2v) is 4.75. The first-order valence-corrected chi connectivity index (χ1v) is 6.71. The molecule has 7 heteroatoms. The predicted molar refractivity (Wildman–Crippen MR) is 76.1 cm³/mol. The van der Waals surface area contributed by atoms with E-state index in [4.69, 9.17) is 11.5 Å². The third kappa shape index (κ3) is 2.81. The maximum Gasteiger partial charge on any atom is 0.271 e. The Kier molecular flexibility index (Phi) is 4.07. The summed E-state index contributed by atoms with van der Waals surface area (Å²) >= 11 is 0. The first-order chi connectivity index (χ1) is 9.55. The molecule has 2 heterocycles. The van der Waals surface area contributed by atoms with Crippen LogP contribution in [0.2, 0.25) is 0 Å². The zero-order valence-corrected chi connectivity index (χ0v) is 11.8. The molecule has 0 saturated heterocycles. The van der Waals surface area contributed by atoms with Gasteiger partial charge in [0.25, 0.3) is 5.91 Å². The molecule has 4 N–H and O–H groups in total. The molecule has 0 aromatic carbocycles. The predicted octanol–water partition coefficient (Wildman–Crippen LogP) is 1.17. The van der Waals surface area contributed by atoms with Gasteiger partial charge in [0.15, 0.2) is 5.69 Å². The Labute approximate surface area is 117 Å². The SMILES string of the molecule is CCC(CC)n1ccc(Cn2cc(N)c(C(N)=O)n2)n1. The van der Waals surface area contributed by atoms with Gasteiger partial charge in [0.05, 0.1) is 24.0 Å². The molecule has 0 radical (unpaired) electrons. The Bertz CT molecular complexity index is 596. The molecule has 2 aromatic rings. The number of amides is 1. The molecule has 0 aliphatic heterocycles. The summed E-state index contributed by atoms with van der Waals surface area (Å²) < 4.78 is 3.55. The van der Waals surface area contributed by atoms with Crippen LogP contribution in [0.3, 0.4) is 0 Å². The Hall–Kier alpha value is -2.31. The van der Waals surface area contributed by atoms with E-state index >= 15 is 0 Å². The molecule has 0 spiro atoms. The maximum absolute atomic E-state index is 11.1. The van der Waals surface area contributed by atoms with Crippen LogP contribution in [-0.4, -0.2) is 25.5 Å². The van der Waals surface area contributed by atoms with Crippen molar-refractivity contribution in [2.75, 3.05) is 5.73 Å². The number of carbonyl (C=O) groups excluding carboxylic acids is 1. The summed E-state index contributed by atoms with van der Waals surface area (Å²) in [6.07, 6.45) is 5.64. The van der Waals surface area contributed by atoms with Gasteiger partial charge in [-0.05, 0) is 18.9 Å². The number of carbonyl (C=O) groups is 1. The molecule has 7 nitrogen and oxygen atoms in total. The number of nitrogens with two attached hydrogens (primary N) is 2. The zero-order chi connectivity index (χ0) is 14.7. The minimum Gasteiger partial charge on any atom is -0.396 e. The summed E-state index contributed by atoms with van der Waals surface area (Å²) in [6, 6.07) is 2.35. The van der Waals surface area contributed by atoms with Gasteiger partial charge >= 0.3 is 0 Å². The number of nitrogen functional groups attached to an aromatic ring is 1. The monoisotopic (exact) mass is 276 g/mol. The van der Waals surface area contributed by atoms with Crippen LogP contribution >= 0.6 is 0 Å². The Morgan fingerprint density at radius 2 is 2.05 bits per heavy atom. The zero-order valence-electron chi connectivity index (χ0n) is 11.8. The molecular weight excluding hydrogens is 256 g/mol. The van der Waals surface area contributed by atoms with E-state index in [1.165, 1.54) is 0 Å². The number of nitrogens with zero attached hydrogens (tertiary/aromatic N) is 4. The van der Waals surface area contributed by atoms with Gasteiger partial charge in [-0.15, -0.1) is 0 Å². The molecule has 108 valence electrons. The van der Waals surface area contributed by atoms with Crippen LogP contribution < -0.4 is 11.5 Å². The Balaban J connectivity index is 2.14. The molecule has 0 atom stereocenters. The van der Waals surface area contributed by atoms with Crippen LogP contribution in [0.1, 0.15) is 48.9 Å². The van der Waals surface area contributed by atoms with Gasteiger partial charge in [-0.1, -0.05) is 13.8 Å². The fourth-order valence-corrected chi connectivity index (χ4v) is 2.20. The number of rotatable bonds is 6. The molecule has 0 fully saturated rings. The van der Waals surface area contributed by atoms with Crippen molar-refractivity contribution in [1.82, 2.24) is 19.6 Å². The summed E-state index contributed by atoms with van der Waals surface area (Å²) in [5, 5.41) is 8.60. The fraction of sp³-hybridized carbons (Fsp3) is 0.462. The average Bonchev–Trinajstić information content (AvgIpc) is 2.99. The van der Waals surface area contributed by atoms with Crippen molar-refractivity contribution in [2.24, 2.45) is 5.73 Å². The standard InChI is InChI=1S/C13H20N6O/c1-3-10(4-2)19-6-5-9(16-19)7-18-8-11(14)12(17-18)13(15)20/h5-6,8,10H,3-4,7,14H2,1-2H3,(H2,15,20). The van der Waals surface area contributed by atoms with Crippen molar-refractivity contribution in [1.29, 1.82) is 0 Å². The third-order valence-electron chi connectivity index (χ3n) is 3.33. The number of primary amides is 1. The topological polar surface area (TPSA) is 105 Å². The van der Waals surface area contributed by atoms with E-state index in [-0.39, 0.29) is 11.4 Å². The molecule has 0 bridgehead atoms. The third-order valence-corrected chi connectivity index (χ3v) is 3.33. The molecular formula is C13H20N6O. The highest BCUT2D eigenvalue weighted by molar-refractivity contribution is 5.95. The first kappa shape index (κ1) is 14.1. The van der Waals surface area contributed by atoms with Gasteiger partial charge < -0.3 is 11.5 Å². The van der Waals surface area contributed by atoms with E-state index in [0.29, 0.717) is 12.6 Å². The van der Waals surface area contributed by atoms with Gasteiger partial charge in [0.1, 0.15) is 0 Å². The highest BCUT2D eigenvalue weighted by Gasteiger charge is 2.13. The minimum absolute atomic E-state index is 0.101. The van der Waals surface area contributed by atoms with E-state index in [0.717, 1.165) is 18.5 Å². The van der Waals surface area contributed by atoms with Gasteiger partial charge in [-0.2, -0.15) is 10.2 Å². The largest absolute Gasteiger partial charge is 0.396 e. The van der Waals surface area contributed by atoms with E-state index in [2.05, 4.69) is 24.0 Å². The van der Waals surface area contributed by atoms with Crippen LogP contribution in [0.15, 0.2) is 18.5 Å². The van der Waals surface area contributed by atoms with Crippen molar-refractivity contribution in [3.8, 4) is 0 Å². The Morgan fingerprint density at radius 1 is 1.35 bits per heavy atom. The highest BCUT2D eigenvalue weighted by Crippen LogP contribution is 2.15. The molecule has 20 heavy (non-hydrogen) atoms. The second kappa shape index (κ2) is 5.77. The second-order valence-electron chi connectivity index (χ2n) is 4.75. The molecule has 0 saturated carbocycles. The van der Waals surface area contributed by atoms with Crippen LogP contribution in [0.4, 0.5) is 5.69 Å². The van der Waals surface area contributed by atoms with Crippen molar-refractivity contribution in [3.05, 3.63) is 29.8 Å². The van der Waals surface area contributed by atoms with Gasteiger partial charge in [0.2, 0.25) is 0 Å². The van der Waals surface area contributed by atoms with Crippen LogP contribution in [0.5, 0.6) is 0 Å². The van der Waals surface area contributed by atoms with Crippen molar-refractivity contribution >= 4 is 11.6 Å². The normalized spacial score (nSPS) is 11.2. The van der Waals surface area contributed by atoms with Crippen LogP contribution in [0.25, 0.3) is 0 Å². The summed E-state index contributed by atoms with van der Waals surface area (Å²) in [5.41, 5.74) is 12.1. The highest BCUT2D eigenvalue weighted by atomic mass is 16.1. The van der Waals surface area contributed by atoms with Gasteiger partial charge in [-0.3, -0.25) is 14.2 Å². The molecule has 1 amide bonds.